The zero-order chi connectivity index (χ0) is 22.9. The molecule has 0 unspecified atom stereocenters. The van der Waals surface area contributed by atoms with Crippen LogP contribution in [0.15, 0.2) is 55.7 Å². The molecule has 0 spiro atoms. The number of fused-ring (bicyclic) bond motifs is 2. The molecule has 4 aromatic rings. The van der Waals surface area contributed by atoms with Gasteiger partial charge < -0.3 is 4.42 Å². The third kappa shape index (κ3) is 3.96. The minimum absolute atomic E-state index is 0.0432. The van der Waals surface area contributed by atoms with E-state index in [0.717, 1.165) is 43.3 Å². The van der Waals surface area contributed by atoms with Crippen LogP contribution in [0.1, 0.15) is 30.7 Å². The molecule has 10 nitrogen and oxygen atoms in total. The Morgan fingerprint density at radius 3 is 2.85 bits per heavy atom. The van der Waals surface area contributed by atoms with E-state index in [9.17, 15) is 14.9 Å². The van der Waals surface area contributed by atoms with Crippen molar-refractivity contribution in [3.63, 3.8) is 0 Å². The summed E-state index contributed by atoms with van der Waals surface area (Å²) in [5.74, 6) is 1.00. The molecule has 0 radical (unpaired) electrons. The van der Waals surface area contributed by atoms with Crippen molar-refractivity contribution in [1.29, 1.82) is 5.26 Å². The molecule has 1 aliphatic heterocycles. The van der Waals surface area contributed by atoms with Crippen LogP contribution in [0.25, 0.3) is 22.4 Å². The summed E-state index contributed by atoms with van der Waals surface area (Å²) in [4.78, 5) is 28.7. The normalized spacial score (nSPS) is 13.3. The third-order valence-corrected chi connectivity index (χ3v) is 6.36. The van der Waals surface area contributed by atoms with Crippen LogP contribution >= 0.6 is 11.8 Å². The largest absolute Gasteiger partial charge is 0.411 e. The summed E-state index contributed by atoms with van der Waals surface area (Å²) in [6.45, 7) is 0.685. The number of benzene rings is 2. The first-order valence-electron chi connectivity index (χ1n) is 10.3. The second-order valence-electron chi connectivity index (χ2n) is 7.55. The third-order valence-electron chi connectivity index (χ3n) is 5.45. The van der Waals surface area contributed by atoms with Gasteiger partial charge in [0.05, 0.1) is 32.4 Å². The highest BCUT2D eigenvalue weighted by molar-refractivity contribution is 7.99. The Morgan fingerprint density at radius 1 is 1.15 bits per heavy atom. The van der Waals surface area contributed by atoms with Gasteiger partial charge in [0.15, 0.2) is 0 Å². The lowest BCUT2D eigenvalue weighted by atomic mass is 10.1. The van der Waals surface area contributed by atoms with Crippen molar-refractivity contribution < 1.29 is 9.34 Å². The van der Waals surface area contributed by atoms with Gasteiger partial charge in [-0.15, -0.1) is 10.2 Å². The summed E-state index contributed by atoms with van der Waals surface area (Å²) >= 11 is 0.944. The second-order valence-corrected chi connectivity index (χ2v) is 8.55. The van der Waals surface area contributed by atoms with E-state index in [2.05, 4.69) is 10.2 Å². The van der Waals surface area contributed by atoms with Crippen molar-refractivity contribution in [2.45, 2.75) is 42.3 Å². The summed E-state index contributed by atoms with van der Waals surface area (Å²) in [7, 11) is 0. The molecule has 2 aromatic carbocycles. The van der Waals surface area contributed by atoms with Crippen LogP contribution in [0, 0.1) is 21.4 Å². The zero-order valence-electron chi connectivity index (χ0n) is 17.2. The smallest absolute Gasteiger partial charge is 0.284 e. The molecule has 3 heterocycles. The molecule has 164 valence electrons. The monoisotopic (exact) mass is 460 g/mol. The molecule has 33 heavy (non-hydrogen) atoms. The summed E-state index contributed by atoms with van der Waals surface area (Å²) < 4.78 is 7.48. The maximum Gasteiger partial charge on any atom is 0.284 e. The molecule has 0 saturated heterocycles. The van der Waals surface area contributed by atoms with Gasteiger partial charge in [0.1, 0.15) is 5.82 Å². The maximum absolute atomic E-state index is 12.9. The first-order valence-corrected chi connectivity index (χ1v) is 11.1. The molecule has 0 N–H and O–H groups in total. The number of nitrogens with zero attached hydrogens (tertiary/aromatic N) is 6. The lowest BCUT2D eigenvalue weighted by Crippen LogP contribution is -2.24. The maximum atomic E-state index is 12.9. The molecule has 0 amide bonds. The highest BCUT2D eigenvalue weighted by atomic mass is 32.2. The lowest BCUT2D eigenvalue weighted by molar-refractivity contribution is -0.387. The van der Waals surface area contributed by atoms with Crippen molar-refractivity contribution in [3.05, 3.63) is 68.3 Å². The van der Waals surface area contributed by atoms with Gasteiger partial charge in [-0.05, 0) is 54.9 Å². The van der Waals surface area contributed by atoms with Gasteiger partial charge in [-0.25, -0.2) is 4.98 Å². The number of nitro benzene ring substituents is 1. The first kappa shape index (κ1) is 20.8. The van der Waals surface area contributed by atoms with Crippen LogP contribution in [0.5, 0.6) is 0 Å². The Bertz CT molecular complexity index is 1500. The highest BCUT2D eigenvalue weighted by Crippen LogP contribution is 2.36. The second kappa shape index (κ2) is 8.48. The Balaban J connectivity index is 1.48. The average Bonchev–Trinajstić information content (AvgIpc) is 3.15. The van der Waals surface area contributed by atoms with Crippen molar-refractivity contribution in [3.8, 4) is 17.5 Å². The molecule has 1 aliphatic rings. The summed E-state index contributed by atoms with van der Waals surface area (Å²) in [5.41, 5.74) is 1.10. The zero-order valence-corrected chi connectivity index (χ0v) is 18.0. The number of nitro groups is 1. The van der Waals surface area contributed by atoms with E-state index in [-0.39, 0.29) is 32.8 Å². The van der Waals surface area contributed by atoms with E-state index >= 15 is 0 Å². The minimum atomic E-state index is -0.559. The van der Waals surface area contributed by atoms with Gasteiger partial charge in [0.2, 0.25) is 5.89 Å². The fraction of sp³-hybridized carbons (Fsp3) is 0.227. The fourth-order valence-corrected chi connectivity index (χ4v) is 4.59. The molecule has 5 rings (SSSR count). The minimum Gasteiger partial charge on any atom is -0.411 e. The number of hydrogen-bond donors (Lipinski definition) is 0. The molecule has 2 aromatic heterocycles. The summed E-state index contributed by atoms with van der Waals surface area (Å²) in [6, 6.07) is 11.2. The van der Waals surface area contributed by atoms with E-state index in [1.165, 1.54) is 18.2 Å². The van der Waals surface area contributed by atoms with Crippen LogP contribution in [-0.2, 0) is 13.0 Å². The van der Waals surface area contributed by atoms with Gasteiger partial charge >= 0.3 is 0 Å². The number of rotatable bonds is 4. The van der Waals surface area contributed by atoms with Crippen molar-refractivity contribution >= 4 is 28.4 Å². The van der Waals surface area contributed by atoms with E-state index < -0.39 is 4.92 Å². The number of nitriles is 1. The fourth-order valence-electron chi connectivity index (χ4n) is 3.83. The highest BCUT2D eigenvalue weighted by Gasteiger charge is 2.20. The SMILES string of the molecule is N#Cc1ccc(Sc2nnc(-c3ccc4c(=O)n5c(nc4c3)CCCCC5)o2)c([N+](=O)[O-])c1. The first-order chi connectivity index (χ1) is 16.0. The number of aromatic nitrogens is 4. The van der Waals surface area contributed by atoms with Gasteiger partial charge in [-0.2, -0.15) is 5.26 Å². The lowest BCUT2D eigenvalue weighted by Gasteiger charge is -2.10. The molecule has 0 atom stereocenters. The topological polar surface area (TPSA) is 141 Å². The standard InChI is InChI=1S/C22H16N6O4S/c23-12-13-5-8-18(17(10-13)28(30)31)33-22-26-25-20(32-22)14-6-7-15-16(11-14)24-19-4-2-1-3-9-27(19)21(15)29/h5-8,10-11H,1-4,9H2. The number of aryl methyl sites for hydroxylation is 1. The predicted octanol–water partition coefficient (Wildman–Crippen LogP) is 4.10. The van der Waals surface area contributed by atoms with Gasteiger partial charge in [-0.1, -0.05) is 6.42 Å². The summed E-state index contributed by atoms with van der Waals surface area (Å²) in [6.07, 6.45) is 3.81. The van der Waals surface area contributed by atoms with Crippen molar-refractivity contribution in [1.82, 2.24) is 19.7 Å². The Kier molecular flexibility index (Phi) is 5.35. The van der Waals surface area contributed by atoms with E-state index in [0.29, 0.717) is 23.0 Å². The van der Waals surface area contributed by atoms with E-state index in [1.54, 1.807) is 22.8 Å². The number of hydrogen-bond acceptors (Lipinski definition) is 9. The van der Waals surface area contributed by atoms with Gasteiger partial charge in [-0.3, -0.25) is 19.5 Å². The molecular formula is C22H16N6O4S. The quantitative estimate of drug-likeness (QED) is 0.325. The Hall–Kier alpha value is -4.04. The van der Waals surface area contributed by atoms with Crippen LogP contribution in [0.3, 0.4) is 0 Å². The molecule has 0 bridgehead atoms. The predicted molar refractivity (Wildman–Crippen MR) is 119 cm³/mol. The van der Waals surface area contributed by atoms with E-state index in [1.807, 2.05) is 6.07 Å². The van der Waals surface area contributed by atoms with Crippen LogP contribution in [-0.4, -0.2) is 24.7 Å². The van der Waals surface area contributed by atoms with Crippen molar-refractivity contribution in [2.75, 3.05) is 0 Å². The molecule has 0 aliphatic carbocycles. The molecular weight excluding hydrogens is 444 g/mol. The Labute approximate surface area is 191 Å². The molecule has 11 heteroatoms. The van der Waals surface area contributed by atoms with Crippen LogP contribution in [0.2, 0.25) is 0 Å². The van der Waals surface area contributed by atoms with Gasteiger partial charge in [0, 0.05) is 24.6 Å². The van der Waals surface area contributed by atoms with E-state index in [4.69, 9.17) is 14.7 Å². The van der Waals surface area contributed by atoms with Crippen molar-refractivity contribution in [2.24, 2.45) is 0 Å². The molecule has 0 saturated carbocycles. The summed E-state index contributed by atoms with van der Waals surface area (Å²) in [5, 5.41) is 29.0. The van der Waals surface area contributed by atoms with Crippen LogP contribution < -0.4 is 5.56 Å². The Morgan fingerprint density at radius 2 is 2.03 bits per heavy atom. The molecule has 0 fully saturated rings. The average molecular weight is 460 g/mol. The van der Waals surface area contributed by atoms with Gasteiger partial charge in [0.25, 0.3) is 16.5 Å². The van der Waals surface area contributed by atoms with Crippen LogP contribution in [0.4, 0.5) is 5.69 Å².